The fraction of sp³-hybridized carbons (Fsp3) is 0.423. The number of aromatic nitrogens is 4. The van der Waals surface area contributed by atoms with E-state index in [4.69, 9.17) is 9.26 Å². The molecule has 0 amide bonds. The van der Waals surface area contributed by atoms with Gasteiger partial charge in [-0.3, -0.25) is 4.90 Å². The van der Waals surface area contributed by atoms with Gasteiger partial charge in [0.1, 0.15) is 23.9 Å². The largest absolute Gasteiger partial charge is 0.507 e. The Labute approximate surface area is 203 Å². The first-order valence-electron chi connectivity index (χ1n) is 12.2. The van der Waals surface area contributed by atoms with Crippen LogP contribution in [-0.2, 0) is 6.42 Å². The molecule has 182 valence electrons. The van der Waals surface area contributed by atoms with Crippen LogP contribution in [0, 0.1) is 11.3 Å². The van der Waals surface area contributed by atoms with Crippen LogP contribution in [0.5, 0.6) is 11.6 Å². The Morgan fingerprint density at radius 2 is 1.94 bits per heavy atom. The lowest BCUT2D eigenvalue weighted by molar-refractivity contribution is -0.0281. The molecule has 2 saturated heterocycles. The number of hydrogen-bond acceptors (Lipinski definition) is 8. The number of rotatable bonds is 8. The molecule has 2 fully saturated rings. The average molecular weight is 475 g/mol. The summed E-state index contributed by atoms with van der Waals surface area (Å²) in [6.07, 6.45) is 0.877. The lowest BCUT2D eigenvalue weighted by Gasteiger charge is -2.60. The van der Waals surface area contributed by atoms with Crippen LogP contribution in [-0.4, -0.2) is 69.7 Å². The van der Waals surface area contributed by atoms with Gasteiger partial charge < -0.3 is 24.3 Å². The van der Waals surface area contributed by atoms with Crippen molar-refractivity contribution in [2.45, 2.75) is 20.3 Å². The van der Waals surface area contributed by atoms with Gasteiger partial charge in [-0.25, -0.2) is 0 Å². The monoisotopic (exact) mass is 474 g/mol. The molecule has 6 rings (SSSR count). The number of para-hydroxylation sites is 1. The van der Waals surface area contributed by atoms with Crippen molar-refractivity contribution < 1.29 is 14.4 Å². The zero-order valence-electron chi connectivity index (χ0n) is 20.1. The standard InChI is InChI=1S/C26H30N6O3/c1-17(2)9-19-12-24(30-35-19)34-8-7-31-13-26(14-31)15-32(16-26)23-11-18-10-21(28-29-25(18)27-23)20-5-3-4-6-22(20)33/h3-6,10-12,17,33H,7-9,13-16H2,1-2H3,(H,27,29). The van der Waals surface area contributed by atoms with Crippen LogP contribution >= 0.6 is 0 Å². The van der Waals surface area contributed by atoms with Gasteiger partial charge in [0.2, 0.25) is 0 Å². The van der Waals surface area contributed by atoms with E-state index in [1.54, 1.807) is 12.1 Å². The van der Waals surface area contributed by atoms with Crippen LogP contribution in [0.25, 0.3) is 22.3 Å². The number of nitrogens with one attached hydrogen (secondary N) is 1. The van der Waals surface area contributed by atoms with Gasteiger partial charge in [0.05, 0.1) is 5.69 Å². The molecule has 9 heteroatoms. The number of aromatic amines is 1. The molecule has 0 bridgehead atoms. The second kappa shape index (κ2) is 8.57. The number of phenolic OH excluding ortho intramolecular Hbond substituents is 1. The highest BCUT2D eigenvalue weighted by Gasteiger charge is 2.51. The zero-order chi connectivity index (χ0) is 24.0. The summed E-state index contributed by atoms with van der Waals surface area (Å²) in [5, 5.41) is 23.8. The quantitative estimate of drug-likeness (QED) is 0.398. The predicted molar refractivity (Wildman–Crippen MR) is 133 cm³/mol. The van der Waals surface area contributed by atoms with Gasteiger partial charge in [-0.2, -0.15) is 0 Å². The van der Waals surface area contributed by atoms with Gasteiger partial charge in [0.15, 0.2) is 5.65 Å². The Morgan fingerprint density at radius 1 is 1.11 bits per heavy atom. The van der Waals surface area contributed by atoms with Gasteiger partial charge in [0.25, 0.3) is 5.88 Å². The molecule has 1 aromatic carbocycles. The minimum Gasteiger partial charge on any atom is -0.507 e. The summed E-state index contributed by atoms with van der Waals surface area (Å²) in [5.74, 6) is 3.27. The zero-order valence-corrected chi connectivity index (χ0v) is 20.1. The van der Waals surface area contributed by atoms with Gasteiger partial charge in [-0.15, -0.1) is 10.2 Å². The fourth-order valence-electron chi connectivity index (χ4n) is 5.24. The summed E-state index contributed by atoms with van der Waals surface area (Å²) in [5.41, 5.74) is 2.48. The Bertz CT molecular complexity index is 1330. The number of likely N-dealkylation sites (tertiary alicyclic amines) is 1. The Kier molecular flexibility index (Phi) is 5.36. The van der Waals surface area contributed by atoms with Crippen molar-refractivity contribution in [3.05, 3.63) is 48.2 Å². The van der Waals surface area contributed by atoms with Gasteiger partial charge >= 0.3 is 0 Å². The van der Waals surface area contributed by atoms with Crippen LogP contribution in [0.3, 0.4) is 0 Å². The van der Waals surface area contributed by atoms with Crippen molar-refractivity contribution in [2.24, 2.45) is 11.3 Å². The van der Waals surface area contributed by atoms with E-state index < -0.39 is 0 Å². The third-order valence-electron chi connectivity index (χ3n) is 6.86. The topological polar surface area (TPSA) is 104 Å². The Hall–Kier alpha value is -3.59. The second-order valence-corrected chi connectivity index (χ2v) is 10.3. The summed E-state index contributed by atoms with van der Waals surface area (Å²) in [6, 6.07) is 13.2. The van der Waals surface area contributed by atoms with E-state index in [0.717, 1.165) is 61.8 Å². The SMILES string of the molecule is CC(C)Cc1cc(OCCN2CC3(C2)CN(c2cc4cc(-c5ccccc5O)nnc4[nH]2)C3)no1. The number of fused-ring (bicyclic) bond motifs is 1. The molecule has 0 radical (unpaired) electrons. The molecule has 4 aromatic rings. The maximum Gasteiger partial charge on any atom is 0.254 e. The molecule has 0 unspecified atom stereocenters. The molecule has 3 aromatic heterocycles. The lowest BCUT2D eigenvalue weighted by Crippen LogP contribution is -2.72. The summed E-state index contributed by atoms with van der Waals surface area (Å²) in [4.78, 5) is 8.19. The highest BCUT2D eigenvalue weighted by molar-refractivity contribution is 5.84. The third kappa shape index (κ3) is 4.32. The van der Waals surface area contributed by atoms with Crippen molar-refractivity contribution in [3.8, 4) is 22.9 Å². The van der Waals surface area contributed by atoms with E-state index in [0.29, 0.717) is 35.1 Å². The fourth-order valence-corrected chi connectivity index (χ4v) is 5.24. The van der Waals surface area contributed by atoms with Crippen molar-refractivity contribution in [1.82, 2.24) is 25.2 Å². The number of ether oxygens (including phenoxy) is 1. The maximum atomic E-state index is 10.1. The summed E-state index contributed by atoms with van der Waals surface area (Å²) in [7, 11) is 0. The molecule has 0 saturated carbocycles. The number of hydrogen-bond donors (Lipinski definition) is 2. The molecule has 9 nitrogen and oxygen atoms in total. The number of benzene rings is 1. The smallest absolute Gasteiger partial charge is 0.254 e. The van der Waals surface area contributed by atoms with E-state index >= 15 is 0 Å². The Morgan fingerprint density at radius 3 is 2.74 bits per heavy atom. The first-order valence-corrected chi connectivity index (χ1v) is 12.2. The first-order chi connectivity index (χ1) is 17.0. The minimum atomic E-state index is 0.207. The number of aromatic hydroxyl groups is 1. The number of nitrogens with zero attached hydrogens (tertiary/aromatic N) is 5. The third-order valence-corrected chi connectivity index (χ3v) is 6.86. The van der Waals surface area contributed by atoms with Crippen molar-refractivity contribution >= 4 is 16.9 Å². The molecule has 0 atom stereocenters. The average Bonchev–Trinajstić information content (AvgIpc) is 3.39. The first kappa shape index (κ1) is 21.9. The molecule has 0 aliphatic carbocycles. The number of anilines is 1. The van der Waals surface area contributed by atoms with Crippen molar-refractivity contribution in [3.63, 3.8) is 0 Å². The van der Waals surface area contributed by atoms with Gasteiger partial charge in [-0.1, -0.05) is 26.0 Å². The van der Waals surface area contributed by atoms with Crippen LogP contribution < -0.4 is 9.64 Å². The second-order valence-electron chi connectivity index (χ2n) is 10.3. The maximum absolute atomic E-state index is 10.1. The highest BCUT2D eigenvalue weighted by atomic mass is 16.5. The summed E-state index contributed by atoms with van der Waals surface area (Å²) in [6.45, 7) is 10.1. The van der Waals surface area contributed by atoms with E-state index in [2.05, 4.69) is 50.1 Å². The summed E-state index contributed by atoms with van der Waals surface area (Å²) >= 11 is 0. The normalized spacial score (nSPS) is 17.2. The molecule has 2 N–H and O–H groups in total. The molecule has 1 spiro atoms. The van der Waals surface area contributed by atoms with E-state index in [1.807, 2.05) is 24.3 Å². The highest BCUT2D eigenvalue weighted by Crippen LogP contribution is 2.42. The number of H-pyrrole nitrogens is 1. The molecular weight excluding hydrogens is 444 g/mol. The Balaban J connectivity index is 0.997. The van der Waals surface area contributed by atoms with Crippen LogP contribution in [0.15, 0.2) is 47.0 Å². The van der Waals surface area contributed by atoms with Crippen molar-refractivity contribution in [2.75, 3.05) is 44.2 Å². The predicted octanol–water partition coefficient (Wildman–Crippen LogP) is 3.72. The van der Waals surface area contributed by atoms with E-state index in [9.17, 15) is 5.11 Å². The molecule has 35 heavy (non-hydrogen) atoms. The number of phenols is 1. The van der Waals surface area contributed by atoms with Crippen molar-refractivity contribution in [1.29, 1.82) is 0 Å². The summed E-state index contributed by atoms with van der Waals surface area (Å²) < 4.78 is 11.1. The van der Waals surface area contributed by atoms with E-state index in [-0.39, 0.29) is 5.75 Å². The molecule has 2 aliphatic rings. The van der Waals surface area contributed by atoms with Crippen LogP contribution in [0.2, 0.25) is 0 Å². The molecule has 2 aliphatic heterocycles. The van der Waals surface area contributed by atoms with Crippen LogP contribution in [0.1, 0.15) is 19.6 Å². The minimum absolute atomic E-state index is 0.207. The molecule has 5 heterocycles. The lowest BCUT2D eigenvalue weighted by atomic mass is 9.73. The van der Waals surface area contributed by atoms with Crippen LogP contribution in [0.4, 0.5) is 5.82 Å². The van der Waals surface area contributed by atoms with Gasteiger partial charge in [-0.05, 0) is 35.3 Å². The van der Waals surface area contributed by atoms with E-state index in [1.165, 1.54) is 0 Å². The van der Waals surface area contributed by atoms with Gasteiger partial charge in [0, 0.05) is 61.6 Å². The molecular formula is C26H30N6O3.